The third-order valence-corrected chi connectivity index (χ3v) is 5.05. The van der Waals surface area contributed by atoms with Crippen LogP contribution in [0.5, 0.6) is 0 Å². The molecule has 2 rings (SSSR count). The summed E-state index contributed by atoms with van der Waals surface area (Å²) < 4.78 is 12.0. The number of ether oxygens (including phenoxy) is 2. The number of alkyl carbamates (subject to hydrolysis) is 1. The number of rotatable bonds is 5. The Bertz CT molecular complexity index is 959. The molecule has 184 valence electrons. The molecule has 1 heterocycles. The topological polar surface area (TPSA) is 163 Å². The van der Waals surface area contributed by atoms with Crippen LogP contribution in [0, 0.1) is 5.92 Å². The number of anilines is 1. The number of nitrogens with zero attached hydrogens (tertiary/aromatic N) is 2. The lowest BCUT2D eigenvalue weighted by atomic mass is 9.80. The van der Waals surface area contributed by atoms with Crippen LogP contribution in [0.2, 0.25) is 0 Å². The fraction of sp³-hybridized carbons (Fsp3) is 0.682. The minimum Gasteiger partial charge on any atom is -0.481 e. The third kappa shape index (κ3) is 7.76. The molecule has 1 amide bonds. The van der Waals surface area contributed by atoms with Gasteiger partial charge in [0, 0.05) is 12.6 Å². The Morgan fingerprint density at radius 1 is 1.15 bits per heavy atom. The van der Waals surface area contributed by atoms with Gasteiger partial charge in [0.05, 0.1) is 12.1 Å². The summed E-state index contributed by atoms with van der Waals surface area (Å²) in [7, 11) is 0. The van der Waals surface area contributed by atoms with E-state index in [1.165, 1.54) is 10.8 Å². The Kier molecular flexibility index (Phi) is 7.76. The second-order valence-electron chi connectivity index (χ2n) is 10.3. The maximum atomic E-state index is 12.7. The molecule has 0 bridgehead atoms. The zero-order valence-electron chi connectivity index (χ0n) is 20.0. The lowest BCUT2D eigenvalue weighted by molar-refractivity contribution is -0.138. The van der Waals surface area contributed by atoms with Crippen molar-refractivity contribution in [2.45, 2.75) is 90.5 Å². The van der Waals surface area contributed by atoms with Gasteiger partial charge in [-0.15, -0.1) is 0 Å². The van der Waals surface area contributed by atoms with Crippen molar-refractivity contribution in [2.24, 2.45) is 5.92 Å². The summed E-state index contributed by atoms with van der Waals surface area (Å²) in [5.74, 6) is -2.10. The second kappa shape index (κ2) is 9.80. The number of nitrogens with two attached hydrogens (primary N) is 1. The van der Waals surface area contributed by atoms with Crippen molar-refractivity contribution in [3.63, 3.8) is 0 Å². The Labute approximate surface area is 192 Å². The minimum atomic E-state index is -0.937. The summed E-state index contributed by atoms with van der Waals surface area (Å²) in [4.78, 5) is 52.8. The Balaban J connectivity index is 2.40. The number of nitrogens with one attached hydrogen (secondary N) is 1. The van der Waals surface area contributed by atoms with Gasteiger partial charge < -0.3 is 25.6 Å². The molecule has 1 saturated carbocycles. The van der Waals surface area contributed by atoms with Crippen LogP contribution in [0.1, 0.15) is 83.6 Å². The van der Waals surface area contributed by atoms with E-state index in [0.717, 1.165) is 0 Å². The van der Waals surface area contributed by atoms with Crippen LogP contribution in [0.4, 0.5) is 10.6 Å². The number of aromatic nitrogens is 2. The molecule has 1 aliphatic rings. The Hall–Kier alpha value is -3.11. The molecule has 1 fully saturated rings. The van der Waals surface area contributed by atoms with Gasteiger partial charge in [-0.1, -0.05) is 0 Å². The lowest BCUT2D eigenvalue weighted by Crippen LogP contribution is -2.49. The van der Waals surface area contributed by atoms with E-state index in [0.29, 0.717) is 19.3 Å². The van der Waals surface area contributed by atoms with Gasteiger partial charge in [-0.2, -0.15) is 4.98 Å². The number of carboxylic acid groups (broad SMARTS) is 1. The molecule has 0 spiro atoms. The summed E-state index contributed by atoms with van der Waals surface area (Å²) >= 11 is 0. The minimum absolute atomic E-state index is 0.0583. The fourth-order valence-corrected chi connectivity index (χ4v) is 3.83. The van der Waals surface area contributed by atoms with Gasteiger partial charge in [0.1, 0.15) is 22.6 Å². The molecule has 1 aromatic rings. The lowest BCUT2D eigenvalue weighted by Gasteiger charge is -2.37. The highest BCUT2D eigenvalue weighted by molar-refractivity contribution is 5.93. The smallest absolute Gasteiger partial charge is 0.407 e. The number of carbonyl (C=O) groups is 3. The van der Waals surface area contributed by atoms with E-state index < -0.39 is 47.0 Å². The maximum absolute atomic E-state index is 12.7. The zero-order chi connectivity index (χ0) is 25.1. The van der Waals surface area contributed by atoms with Gasteiger partial charge in [0.25, 0.3) is 0 Å². The first-order chi connectivity index (χ1) is 15.1. The van der Waals surface area contributed by atoms with Crippen molar-refractivity contribution in [1.82, 2.24) is 14.9 Å². The third-order valence-electron chi connectivity index (χ3n) is 5.05. The molecule has 0 aromatic carbocycles. The molecule has 3 atom stereocenters. The number of carbonyl (C=O) groups excluding carboxylic acids is 2. The van der Waals surface area contributed by atoms with E-state index in [1.807, 2.05) is 0 Å². The van der Waals surface area contributed by atoms with Crippen LogP contribution in [0.25, 0.3) is 0 Å². The predicted molar refractivity (Wildman–Crippen MR) is 120 cm³/mol. The number of aliphatic carboxylic acids is 1. The summed E-state index contributed by atoms with van der Waals surface area (Å²) in [5.41, 5.74) is 3.56. The molecular formula is C22H34N4O7. The molecule has 4 N–H and O–H groups in total. The molecule has 0 saturated heterocycles. The highest BCUT2D eigenvalue weighted by Crippen LogP contribution is 2.34. The van der Waals surface area contributed by atoms with Gasteiger partial charge in [-0.3, -0.25) is 9.36 Å². The first-order valence-corrected chi connectivity index (χ1v) is 10.9. The molecule has 0 radical (unpaired) electrons. The number of carboxylic acids is 1. The molecule has 11 nitrogen and oxygen atoms in total. The van der Waals surface area contributed by atoms with Gasteiger partial charge in [0.2, 0.25) is 0 Å². The first kappa shape index (κ1) is 26.1. The predicted octanol–water partition coefficient (Wildman–Crippen LogP) is 2.49. The monoisotopic (exact) mass is 466 g/mol. The van der Waals surface area contributed by atoms with Crippen molar-refractivity contribution >= 4 is 23.8 Å². The number of hydrogen-bond donors (Lipinski definition) is 3. The van der Waals surface area contributed by atoms with E-state index in [1.54, 1.807) is 41.5 Å². The van der Waals surface area contributed by atoms with Crippen LogP contribution in [-0.4, -0.2) is 49.9 Å². The normalized spacial score (nSPS) is 21.2. The Morgan fingerprint density at radius 2 is 1.76 bits per heavy atom. The zero-order valence-corrected chi connectivity index (χ0v) is 20.0. The molecule has 11 heteroatoms. The van der Waals surface area contributed by atoms with Crippen molar-refractivity contribution in [3.05, 3.63) is 22.2 Å². The van der Waals surface area contributed by atoms with E-state index in [2.05, 4.69) is 10.3 Å². The number of hydrogen-bond acceptors (Lipinski definition) is 8. The quantitative estimate of drug-likeness (QED) is 0.553. The van der Waals surface area contributed by atoms with Crippen molar-refractivity contribution in [3.8, 4) is 0 Å². The molecular weight excluding hydrogens is 432 g/mol. The number of nitrogen functional groups attached to an aromatic ring is 1. The highest BCUT2D eigenvalue weighted by Gasteiger charge is 2.36. The Morgan fingerprint density at radius 3 is 2.30 bits per heavy atom. The van der Waals surface area contributed by atoms with Crippen LogP contribution in [0.15, 0.2) is 11.0 Å². The fourth-order valence-electron chi connectivity index (χ4n) is 3.83. The standard InChI is InChI=1S/C22H34N4O7/c1-21(2,3)32-18(29)13-11-26(19(30)25-17(13)23)15-8-7-12(10-16(27)28)9-14(15)24-20(31)33-22(4,5)6/h11-12,14-15H,7-10H2,1-6H3,(H,24,31)(H,27,28)(H2,23,25,30)/t12-,14-,15-/m1/s1. The summed E-state index contributed by atoms with van der Waals surface area (Å²) in [6.07, 6.45) is 1.77. The summed E-state index contributed by atoms with van der Waals surface area (Å²) in [5, 5.41) is 12.0. The van der Waals surface area contributed by atoms with Gasteiger partial charge in [-0.25, -0.2) is 14.4 Å². The van der Waals surface area contributed by atoms with E-state index >= 15 is 0 Å². The van der Waals surface area contributed by atoms with Crippen molar-refractivity contribution in [1.29, 1.82) is 0 Å². The molecule has 0 unspecified atom stereocenters. The average Bonchev–Trinajstić information content (AvgIpc) is 2.58. The van der Waals surface area contributed by atoms with Gasteiger partial charge in [0.15, 0.2) is 0 Å². The molecule has 33 heavy (non-hydrogen) atoms. The van der Waals surface area contributed by atoms with Crippen LogP contribution in [0.3, 0.4) is 0 Å². The molecule has 0 aliphatic heterocycles. The van der Waals surface area contributed by atoms with Crippen LogP contribution in [-0.2, 0) is 14.3 Å². The first-order valence-electron chi connectivity index (χ1n) is 10.9. The number of esters is 1. The summed E-state index contributed by atoms with van der Waals surface area (Å²) in [6, 6.07) is -1.20. The highest BCUT2D eigenvalue weighted by atomic mass is 16.6. The van der Waals surface area contributed by atoms with Gasteiger partial charge >= 0.3 is 23.7 Å². The van der Waals surface area contributed by atoms with E-state index in [9.17, 15) is 24.3 Å². The average molecular weight is 467 g/mol. The molecule has 1 aromatic heterocycles. The second-order valence-corrected chi connectivity index (χ2v) is 10.3. The SMILES string of the molecule is CC(C)(C)OC(=O)N[C@@H]1C[C@H](CC(=O)O)CC[C@H]1n1cc(C(=O)OC(C)(C)C)c(N)nc1=O. The van der Waals surface area contributed by atoms with Crippen molar-refractivity contribution in [2.75, 3.05) is 5.73 Å². The van der Waals surface area contributed by atoms with Crippen LogP contribution < -0.4 is 16.7 Å². The van der Waals surface area contributed by atoms with E-state index in [-0.39, 0.29) is 23.7 Å². The van der Waals surface area contributed by atoms with E-state index in [4.69, 9.17) is 15.2 Å². The largest absolute Gasteiger partial charge is 0.481 e. The maximum Gasteiger partial charge on any atom is 0.407 e. The van der Waals surface area contributed by atoms with Gasteiger partial charge in [-0.05, 0) is 66.7 Å². The molecule has 1 aliphatic carbocycles. The van der Waals surface area contributed by atoms with Crippen molar-refractivity contribution < 1.29 is 29.0 Å². The van der Waals surface area contributed by atoms with Crippen LogP contribution >= 0.6 is 0 Å². The number of amides is 1. The summed E-state index contributed by atoms with van der Waals surface area (Å²) in [6.45, 7) is 10.3.